The molecule has 0 fully saturated rings. The number of hydrogen-bond acceptors (Lipinski definition) is 6. The van der Waals surface area contributed by atoms with Gasteiger partial charge < -0.3 is 19.4 Å². The molecule has 2 aromatic carbocycles. The number of halogens is 2. The van der Waals surface area contributed by atoms with Gasteiger partial charge in [0.1, 0.15) is 5.75 Å². The van der Waals surface area contributed by atoms with Crippen molar-refractivity contribution < 1.29 is 23.9 Å². The van der Waals surface area contributed by atoms with Crippen molar-refractivity contribution in [3.05, 3.63) is 73.6 Å². The highest BCUT2D eigenvalue weighted by Crippen LogP contribution is 2.36. The smallest absolute Gasteiger partial charge is 0.406 e. The third-order valence-electron chi connectivity index (χ3n) is 6.09. The molecule has 3 aromatic rings. The molecular weight excluding hydrogens is 521 g/mol. The molecule has 1 aliphatic heterocycles. The number of nitrogens with one attached hydrogen (secondary N) is 1. The summed E-state index contributed by atoms with van der Waals surface area (Å²) in [5.74, 6) is -0.627. The van der Waals surface area contributed by atoms with Crippen LogP contribution in [0.1, 0.15) is 46.2 Å². The van der Waals surface area contributed by atoms with E-state index in [1.807, 2.05) is 6.92 Å². The number of pyridine rings is 1. The average molecular weight is 546 g/mol. The van der Waals surface area contributed by atoms with Crippen LogP contribution in [0, 0.1) is 0 Å². The summed E-state index contributed by atoms with van der Waals surface area (Å²) in [6, 6.07) is 9.55. The van der Waals surface area contributed by atoms with Crippen molar-refractivity contribution in [3.63, 3.8) is 0 Å². The summed E-state index contributed by atoms with van der Waals surface area (Å²) in [7, 11) is 1.23. The predicted molar refractivity (Wildman–Crippen MR) is 140 cm³/mol. The summed E-state index contributed by atoms with van der Waals surface area (Å²) < 4.78 is 12.2. The molecule has 2 heterocycles. The highest BCUT2D eigenvalue weighted by molar-refractivity contribution is 6.42. The molecule has 0 bridgehead atoms. The summed E-state index contributed by atoms with van der Waals surface area (Å²) >= 11 is 12.5. The lowest BCUT2D eigenvalue weighted by Gasteiger charge is -2.23. The van der Waals surface area contributed by atoms with E-state index in [1.165, 1.54) is 17.7 Å². The van der Waals surface area contributed by atoms with Crippen LogP contribution in [0.5, 0.6) is 5.75 Å². The molecule has 1 aromatic heterocycles. The Bertz CT molecular complexity index is 1420. The van der Waals surface area contributed by atoms with Gasteiger partial charge in [-0.3, -0.25) is 19.3 Å². The van der Waals surface area contributed by atoms with Crippen molar-refractivity contribution in [2.75, 3.05) is 20.3 Å². The Morgan fingerprint density at radius 2 is 1.62 bits per heavy atom. The first-order chi connectivity index (χ1) is 17.8. The van der Waals surface area contributed by atoms with Crippen LogP contribution >= 0.6 is 23.2 Å². The fourth-order valence-electron chi connectivity index (χ4n) is 4.21. The molecule has 0 saturated heterocycles. The van der Waals surface area contributed by atoms with Gasteiger partial charge in [0.15, 0.2) is 0 Å². The SMILES string of the molecule is CCCCOc1c(CN2C(=O)c3ccccc3C2=O)n(CCNC(=O)OC)c(=O)c2cc(Cl)c(Cl)cc12. The van der Waals surface area contributed by atoms with Crippen molar-refractivity contribution in [3.8, 4) is 5.75 Å². The minimum absolute atomic E-state index is 0.0206. The zero-order valence-electron chi connectivity index (χ0n) is 20.3. The monoisotopic (exact) mass is 545 g/mol. The summed E-state index contributed by atoms with van der Waals surface area (Å²) in [6.45, 7) is 2.18. The highest BCUT2D eigenvalue weighted by atomic mass is 35.5. The quantitative estimate of drug-likeness (QED) is 0.310. The first-order valence-electron chi connectivity index (χ1n) is 11.7. The van der Waals surface area contributed by atoms with Gasteiger partial charge in [-0.25, -0.2) is 4.79 Å². The van der Waals surface area contributed by atoms with Gasteiger partial charge >= 0.3 is 6.09 Å². The minimum atomic E-state index is -0.662. The highest BCUT2D eigenvalue weighted by Gasteiger charge is 2.36. The molecule has 9 nitrogen and oxygen atoms in total. The summed E-state index contributed by atoms with van der Waals surface area (Å²) in [6.07, 6.45) is 0.934. The second kappa shape index (κ2) is 11.2. The fraction of sp³-hybridized carbons (Fsp3) is 0.308. The van der Waals surface area contributed by atoms with Gasteiger partial charge in [-0.05, 0) is 30.7 Å². The molecule has 0 radical (unpaired) electrons. The minimum Gasteiger partial charge on any atom is -0.491 e. The third kappa shape index (κ3) is 5.14. The molecule has 0 aliphatic carbocycles. The third-order valence-corrected chi connectivity index (χ3v) is 6.81. The number of methoxy groups -OCH3 is 1. The van der Waals surface area contributed by atoms with E-state index in [0.29, 0.717) is 23.4 Å². The number of hydrogen-bond donors (Lipinski definition) is 1. The largest absolute Gasteiger partial charge is 0.491 e. The van der Waals surface area contributed by atoms with E-state index in [1.54, 1.807) is 30.3 Å². The Balaban J connectivity index is 1.88. The second-order valence-electron chi connectivity index (χ2n) is 8.41. The van der Waals surface area contributed by atoms with Gasteiger partial charge in [0.25, 0.3) is 17.4 Å². The molecule has 37 heavy (non-hydrogen) atoms. The summed E-state index contributed by atoms with van der Waals surface area (Å²) in [5, 5.41) is 3.64. The molecule has 0 spiro atoms. The molecule has 11 heteroatoms. The van der Waals surface area contributed by atoms with Crippen LogP contribution in [-0.2, 0) is 17.8 Å². The number of amides is 3. The van der Waals surface area contributed by atoms with Gasteiger partial charge in [0.2, 0.25) is 0 Å². The van der Waals surface area contributed by atoms with E-state index in [0.717, 1.165) is 17.7 Å². The maximum absolute atomic E-state index is 13.7. The molecule has 1 aliphatic rings. The van der Waals surface area contributed by atoms with Crippen LogP contribution in [-0.4, -0.2) is 47.6 Å². The van der Waals surface area contributed by atoms with Crippen LogP contribution in [0.15, 0.2) is 41.2 Å². The Labute approximate surface area is 222 Å². The molecule has 3 amide bonds. The van der Waals surface area contributed by atoms with E-state index < -0.39 is 23.5 Å². The molecule has 0 unspecified atom stereocenters. The lowest BCUT2D eigenvalue weighted by molar-refractivity contribution is 0.0637. The average Bonchev–Trinajstić information content (AvgIpc) is 3.13. The van der Waals surface area contributed by atoms with Crippen molar-refractivity contribution in [2.24, 2.45) is 0 Å². The number of carbonyl (C=O) groups is 3. The molecule has 1 N–H and O–H groups in total. The number of aromatic nitrogens is 1. The Morgan fingerprint density at radius 3 is 2.22 bits per heavy atom. The molecular formula is C26H25Cl2N3O6. The second-order valence-corrected chi connectivity index (χ2v) is 9.22. The Morgan fingerprint density at radius 1 is 1.00 bits per heavy atom. The zero-order chi connectivity index (χ0) is 26.7. The lowest BCUT2D eigenvalue weighted by Crippen LogP contribution is -2.36. The number of ether oxygens (including phenoxy) is 2. The van der Waals surface area contributed by atoms with E-state index >= 15 is 0 Å². The van der Waals surface area contributed by atoms with Crippen LogP contribution < -0.4 is 15.6 Å². The van der Waals surface area contributed by atoms with E-state index in [9.17, 15) is 19.2 Å². The molecule has 4 rings (SSSR count). The Kier molecular flexibility index (Phi) is 8.04. The number of rotatable bonds is 9. The Hall–Kier alpha value is -3.56. The number of alkyl carbamates (subject to hydrolysis) is 1. The topological polar surface area (TPSA) is 107 Å². The number of carbonyl (C=O) groups excluding carboxylic acids is 3. The predicted octanol–water partition coefficient (Wildman–Crippen LogP) is 4.64. The van der Waals surface area contributed by atoms with Gasteiger partial charge in [0.05, 0.1) is 52.5 Å². The van der Waals surface area contributed by atoms with E-state index in [2.05, 4.69) is 10.1 Å². The van der Waals surface area contributed by atoms with Gasteiger partial charge in [-0.1, -0.05) is 48.7 Å². The van der Waals surface area contributed by atoms with Crippen molar-refractivity contribution in [1.29, 1.82) is 0 Å². The van der Waals surface area contributed by atoms with Crippen LogP contribution in [0.25, 0.3) is 10.8 Å². The number of imide groups is 1. The van der Waals surface area contributed by atoms with Crippen LogP contribution in [0.2, 0.25) is 10.0 Å². The maximum atomic E-state index is 13.7. The first-order valence-corrected chi connectivity index (χ1v) is 12.5. The first kappa shape index (κ1) is 26.5. The summed E-state index contributed by atoms with van der Waals surface area (Å²) in [5.41, 5.74) is 0.443. The number of fused-ring (bicyclic) bond motifs is 2. The maximum Gasteiger partial charge on any atom is 0.406 e. The van der Waals surface area contributed by atoms with E-state index in [-0.39, 0.29) is 46.2 Å². The van der Waals surface area contributed by atoms with Crippen LogP contribution in [0.3, 0.4) is 0 Å². The van der Waals surface area contributed by atoms with Gasteiger partial charge in [-0.2, -0.15) is 0 Å². The fourth-order valence-corrected chi connectivity index (χ4v) is 4.53. The van der Waals surface area contributed by atoms with Crippen LogP contribution in [0.4, 0.5) is 4.79 Å². The van der Waals surface area contributed by atoms with Crippen molar-refractivity contribution in [1.82, 2.24) is 14.8 Å². The lowest BCUT2D eigenvalue weighted by atomic mass is 10.1. The normalized spacial score (nSPS) is 12.7. The molecule has 0 atom stereocenters. The standard InChI is InChI=1S/C26H25Cl2N3O6/c1-3-4-11-37-22-17-12-19(27)20(28)13-18(17)25(34)30(10-9-29-26(35)36-2)21(22)14-31-23(32)15-7-5-6-8-16(15)24(31)33/h5-8,12-13H,3-4,9-11,14H2,1-2H3,(H,29,35). The summed E-state index contributed by atoms with van der Waals surface area (Å²) in [4.78, 5) is 52.7. The molecule has 194 valence electrons. The van der Waals surface area contributed by atoms with Gasteiger partial charge in [-0.15, -0.1) is 0 Å². The zero-order valence-corrected chi connectivity index (χ0v) is 21.8. The molecule has 0 saturated carbocycles. The van der Waals surface area contributed by atoms with E-state index in [4.69, 9.17) is 27.9 Å². The van der Waals surface area contributed by atoms with Crippen molar-refractivity contribution in [2.45, 2.75) is 32.9 Å². The van der Waals surface area contributed by atoms with Gasteiger partial charge in [0, 0.05) is 18.5 Å². The number of unbranched alkanes of at least 4 members (excludes halogenated alkanes) is 1. The van der Waals surface area contributed by atoms with Crippen molar-refractivity contribution >= 4 is 51.9 Å². The number of nitrogens with zero attached hydrogens (tertiary/aromatic N) is 2. The number of benzene rings is 2.